The number of anilines is 1. The molecular weight excluding hydrogens is 280 g/mol. The van der Waals surface area contributed by atoms with Crippen LogP contribution in [0.25, 0.3) is 0 Å². The van der Waals surface area contributed by atoms with Crippen molar-refractivity contribution in [3.8, 4) is 11.8 Å². The van der Waals surface area contributed by atoms with Crippen LogP contribution in [0.3, 0.4) is 0 Å². The monoisotopic (exact) mass is 298 g/mol. The highest BCUT2D eigenvalue weighted by atomic mass is 32.1. The van der Waals surface area contributed by atoms with Crippen LogP contribution >= 0.6 is 11.3 Å². The van der Waals surface area contributed by atoms with Crippen molar-refractivity contribution < 1.29 is 4.79 Å². The van der Waals surface area contributed by atoms with Crippen molar-refractivity contribution in [3.05, 3.63) is 51.7 Å². The van der Waals surface area contributed by atoms with Crippen LogP contribution < -0.4 is 11.1 Å². The first-order valence-electron chi connectivity index (χ1n) is 6.87. The molecule has 0 bridgehead atoms. The lowest BCUT2D eigenvalue weighted by Crippen LogP contribution is -2.15. The number of amides is 1. The van der Waals surface area contributed by atoms with Crippen LogP contribution in [-0.4, -0.2) is 12.5 Å². The number of rotatable bonds is 4. The summed E-state index contributed by atoms with van der Waals surface area (Å²) in [5, 5.41) is 4.96. The van der Waals surface area contributed by atoms with Crippen LogP contribution in [0, 0.1) is 11.8 Å². The van der Waals surface area contributed by atoms with E-state index in [0.29, 0.717) is 13.0 Å². The summed E-state index contributed by atoms with van der Waals surface area (Å²) in [5.41, 5.74) is 8.24. The molecular formula is C17H18N2OS. The average Bonchev–Trinajstić information content (AvgIpc) is 2.98. The van der Waals surface area contributed by atoms with Crippen molar-refractivity contribution in [3.63, 3.8) is 0 Å². The molecule has 0 unspecified atom stereocenters. The van der Waals surface area contributed by atoms with E-state index in [2.05, 4.69) is 24.1 Å². The van der Waals surface area contributed by atoms with Gasteiger partial charge in [-0.2, -0.15) is 0 Å². The van der Waals surface area contributed by atoms with Crippen molar-refractivity contribution in [2.75, 3.05) is 11.9 Å². The van der Waals surface area contributed by atoms with Gasteiger partial charge in [0.2, 0.25) is 5.91 Å². The minimum Gasteiger partial charge on any atom is -0.326 e. The molecule has 3 N–H and O–H groups in total. The molecule has 1 aromatic heterocycles. The molecule has 1 aromatic carbocycles. The molecule has 0 saturated heterocycles. The van der Waals surface area contributed by atoms with Gasteiger partial charge in [-0.3, -0.25) is 4.79 Å². The maximum Gasteiger partial charge on any atom is 0.229 e. The fourth-order valence-corrected chi connectivity index (χ4v) is 2.71. The zero-order chi connectivity index (χ0) is 15.1. The van der Waals surface area contributed by atoms with Gasteiger partial charge in [0.15, 0.2) is 0 Å². The second kappa shape index (κ2) is 7.63. The van der Waals surface area contributed by atoms with Gasteiger partial charge < -0.3 is 11.1 Å². The van der Waals surface area contributed by atoms with Gasteiger partial charge in [-0.15, -0.1) is 11.3 Å². The number of nitrogens with one attached hydrogen (secondary N) is 1. The zero-order valence-corrected chi connectivity index (χ0v) is 12.8. The molecule has 108 valence electrons. The second-order valence-electron chi connectivity index (χ2n) is 4.54. The van der Waals surface area contributed by atoms with Gasteiger partial charge in [0.1, 0.15) is 0 Å². The average molecular weight is 298 g/mol. The third-order valence-electron chi connectivity index (χ3n) is 3.01. The van der Waals surface area contributed by atoms with Gasteiger partial charge in [-0.1, -0.05) is 24.8 Å². The van der Waals surface area contributed by atoms with Crippen molar-refractivity contribution in [2.24, 2.45) is 5.73 Å². The van der Waals surface area contributed by atoms with E-state index >= 15 is 0 Å². The number of carbonyl (C=O) groups excluding carboxylic acids is 1. The number of thiophene rings is 1. The Morgan fingerprint density at radius 3 is 2.90 bits per heavy atom. The Labute approximate surface area is 129 Å². The number of nitrogens with two attached hydrogens (primary N) is 1. The quantitative estimate of drug-likeness (QED) is 0.853. The molecule has 1 amide bonds. The summed E-state index contributed by atoms with van der Waals surface area (Å²) >= 11 is 1.59. The Morgan fingerprint density at radius 1 is 1.38 bits per heavy atom. The zero-order valence-electron chi connectivity index (χ0n) is 12.0. The molecule has 2 rings (SSSR count). The molecule has 0 atom stereocenters. The number of aryl methyl sites for hydroxylation is 1. The first-order chi connectivity index (χ1) is 10.2. The summed E-state index contributed by atoms with van der Waals surface area (Å²) in [7, 11) is 0. The van der Waals surface area contributed by atoms with Gasteiger partial charge in [0, 0.05) is 16.1 Å². The normalized spacial score (nSPS) is 9.81. The number of hydrogen-bond donors (Lipinski definition) is 2. The largest absolute Gasteiger partial charge is 0.326 e. The third kappa shape index (κ3) is 4.45. The lowest BCUT2D eigenvalue weighted by atomic mass is 10.1. The fraction of sp³-hybridized carbons (Fsp3) is 0.235. The lowest BCUT2D eigenvalue weighted by Gasteiger charge is -2.10. The van der Waals surface area contributed by atoms with Crippen LogP contribution in [0.1, 0.15) is 22.9 Å². The summed E-state index contributed by atoms with van der Waals surface area (Å²) in [6.45, 7) is 2.41. The van der Waals surface area contributed by atoms with Gasteiger partial charge >= 0.3 is 0 Å². The maximum atomic E-state index is 12.1. The number of benzene rings is 1. The SMILES string of the molecule is CCc1cc(C#CCN)ccc1NC(=O)Cc1cccs1. The van der Waals surface area contributed by atoms with Crippen LogP contribution in [-0.2, 0) is 17.6 Å². The van der Waals surface area contributed by atoms with E-state index in [9.17, 15) is 4.79 Å². The molecule has 0 spiro atoms. The molecule has 3 nitrogen and oxygen atoms in total. The summed E-state index contributed by atoms with van der Waals surface area (Å²) < 4.78 is 0. The first-order valence-corrected chi connectivity index (χ1v) is 7.75. The Bertz CT molecular complexity index is 666. The van der Waals surface area contributed by atoms with Gasteiger partial charge in [-0.25, -0.2) is 0 Å². The molecule has 0 aliphatic carbocycles. The highest BCUT2D eigenvalue weighted by Crippen LogP contribution is 2.19. The minimum atomic E-state index is 0.00735. The second-order valence-corrected chi connectivity index (χ2v) is 5.57. The van der Waals surface area contributed by atoms with E-state index < -0.39 is 0 Å². The Hall–Kier alpha value is -2.09. The molecule has 1 heterocycles. The van der Waals surface area contributed by atoms with Crippen molar-refractivity contribution in [1.82, 2.24) is 0 Å². The standard InChI is InChI=1S/C17H18N2OS/c1-2-14-11-13(5-3-9-18)7-8-16(14)19-17(20)12-15-6-4-10-21-15/h4,6-8,10-11H,2,9,12,18H2,1H3,(H,19,20). The fourth-order valence-electron chi connectivity index (χ4n) is 2.00. The molecule has 0 radical (unpaired) electrons. The van der Waals surface area contributed by atoms with E-state index in [4.69, 9.17) is 5.73 Å². The molecule has 0 fully saturated rings. The van der Waals surface area contributed by atoms with Crippen molar-refractivity contribution >= 4 is 22.9 Å². The van der Waals surface area contributed by atoms with Crippen molar-refractivity contribution in [2.45, 2.75) is 19.8 Å². The molecule has 21 heavy (non-hydrogen) atoms. The van der Waals surface area contributed by atoms with E-state index in [1.165, 1.54) is 0 Å². The van der Waals surface area contributed by atoms with E-state index in [-0.39, 0.29) is 5.91 Å². The maximum absolute atomic E-state index is 12.1. The van der Waals surface area contributed by atoms with Gasteiger partial charge in [-0.05, 0) is 41.6 Å². The van der Waals surface area contributed by atoms with E-state index in [1.807, 2.05) is 35.7 Å². The summed E-state index contributed by atoms with van der Waals surface area (Å²) in [6.07, 6.45) is 1.25. The summed E-state index contributed by atoms with van der Waals surface area (Å²) in [4.78, 5) is 13.1. The molecule has 0 aliphatic rings. The highest BCUT2D eigenvalue weighted by Gasteiger charge is 2.08. The summed E-state index contributed by atoms with van der Waals surface area (Å²) in [6, 6.07) is 9.74. The predicted octanol–water partition coefficient (Wildman–Crippen LogP) is 2.80. The van der Waals surface area contributed by atoms with Crippen LogP contribution in [0.15, 0.2) is 35.7 Å². The Kier molecular flexibility index (Phi) is 5.56. The topological polar surface area (TPSA) is 55.1 Å². The first kappa shape index (κ1) is 15.3. The molecule has 0 saturated carbocycles. The van der Waals surface area contributed by atoms with Crippen molar-refractivity contribution in [1.29, 1.82) is 0 Å². The van der Waals surface area contributed by atoms with E-state index in [1.54, 1.807) is 11.3 Å². The lowest BCUT2D eigenvalue weighted by molar-refractivity contribution is -0.115. The molecule has 2 aromatic rings. The van der Waals surface area contributed by atoms with Gasteiger partial charge in [0.05, 0.1) is 13.0 Å². The molecule has 4 heteroatoms. The van der Waals surface area contributed by atoms with Gasteiger partial charge in [0.25, 0.3) is 0 Å². The third-order valence-corrected chi connectivity index (χ3v) is 3.89. The Morgan fingerprint density at radius 2 is 2.24 bits per heavy atom. The minimum absolute atomic E-state index is 0.00735. The Balaban J connectivity index is 2.10. The molecule has 0 aliphatic heterocycles. The van der Waals surface area contributed by atoms with Crippen LogP contribution in [0.4, 0.5) is 5.69 Å². The predicted molar refractivity (Wildman–Crippen MR) is 88.4 cm³/mol. The smallest absolute Gasteiger partial charge is 0.229 e. The highest BCUT2D eigenvalue weighted by molar-refractivity contribution is 7.10. The summed E-state index contributed by atoms with van der Waals surface area (Å²) in [5.74, 6) is 5.85. The van der Waals surface area contributed by atoms with E-state index in [0.717, 1.165) is 28.1 Å². The van der Waals surface area contributed by atoms with Crippen LogP contribution in [0.5, 0.6) is 0 Å². The van der Waals surface area contributed by atoms with Crippen LogP contribution in [0.2, 0.25) is 0 Å². The number of carbonyl (C=O) groups is 1. The number of hydrogen-bond acceptors (Lipinski definition) is 3.